The molecule has 0 saturated heterocycles. The van der Waals surface area contributed by atoms with Crippen molar-refractivity contribution in [3.63, 3.8) is 0 Å². The number of hydrogen-bond acceptors (Lipinski definition) is 4. The van der Waals surface area contributed by atoms with Crippen LogP contribution in [0.25, 0.3) is 0 Å². The quantitative estimate of drug-likeness (QED) is 0.312. The highest BCUT2D eigenvalue weighted by atomic mass is 16.8. The molecule has 8 heavy (non-hydrogen) atoms. The normalized spacial score (nSPS) is 9.75. The zero-order valence-electron chi connectivity index (χ0n) is 5.00. The van der Waals surface area contributed by atoms with Crippen molar-refractivity contribution in [1.82, 2.24) is 0 Å². The van der Waals surface area contributed by atoms with Crippen molar-refractivity contribution in [1.29, 1.82) is 0 Å². The molecule has 0 atom stereocenters. The van der Waals surface area contributed by atoms with Gasteiger partial charge in [0.25, 0.3) is 0 Å². The third-order valence-electron chi connectivity index (χ3n) is 0. The molecule has 0 radical (unpaired) electrons. The van der Waals surface area contributed by atoms with Crippen LogP contribution < -0.4 is 0 Å². The standard InChI is InChI=1S/C3H8.CH4O4/c1-3-2;2-1(3,4)5/h3H2,1-2H3;2-5H. The zero-order valence-corrected chi connectivity index (χ0v) is 5.00. The Morgan fingerprint density at radius 2 is 1.00 bits per heavy atom. The van der Waals surface area contributed by atoms with Crippen molar-refractivity contribution in [2.45, 2.75) is 26.4 Å². The van der Waals surface area contributed by atoms with E-state index in [0.29, 0.717) is 0 Å². The Balaban J connectivity index is 0. The molecule has 0 saturated carbocycles. The molecule has 4 nitrogen and oxygen atoms in total. The van der Waals surface area contributed by atoms with Crippen molar-refractivity contribution in [2.24, 2.45) is 0 Å². The van der Waals surface area contributed by atoms with E-state index in [9.17, 15) is 0 Å². The molecule has 0 bridgehead atoms. The van der Waals surface area contributed by atoms with Crippen LogP contribution in [0.3, 0.4) is 0 Å². The number of aliphatic hydroxyl groups is 4. The van der Waals surface area contributed by atoms with Crippen LogP contribution in [0.15, 0.2) is 0 Å². The highest BCUT2D eigenvalue weighted by molar-refractivity contribution is 3.99. The summed E-state index contributed by atoms with van der Waals surface area (Å²) in [4.78, 5) is 0. The highest BCUT2D eigenvalue weighted by Gasteiger charge is 2.07. The fourth-order valence-electron chi connectivity index (χ4n) is 0. The molecule has 0 rings (SSSR count). The van der Waals surface area contributed by atoms with Gasteiger partial charge in [0.05, 0.1) is 0 Å². The van der Waals surface area contributed by atoms with E-state index in [1.165, 1.54) is 6.42 Å². The Bertz CT molecular complexity index is 31.8. The van der Waals surface area contributed by atoms with Crippen LogP contribution in [0.4, 0.5) is 0 Å². The SMILES string of the molecule is CCC.OC(O)(O)O. The molecule has 0 aliphatic heterocycles. The molecule has 0 heterocycles. The van der Waals surface area contributed by atoms with E-state index in [1.807, 2.05) is 0 Å². The molecule has 0 aromatic carbocycles. The largest absolute Gasteiger partial charge is 0.402 e. The molecule has 0 unspecified atom stereocenters. The van der Waals surface area contributed by atoms with Gasteiger partial charge in [0.15, 0.2) is 0 Å². The first kappa shape index (κ1) is 10.8. The van der Waals surface area contributed by atoms with Crippen LogP contribution in [0.5, 0.6) is 0 Å². The second-order valence-electron chi connectivity index (χ2n) is 1.31. The van der Waals surface area contributed by atoms with E-state index in [2.05, 4.69) is 13.8 Å². The minimum Gasteiger partial charge on any atom is -0.319 e. The first-order valence-corrected chi connectivity index (χ1v) is 2.31. The Hall–Kier alpha value is -0.160. The Kier molecular flexibility index (Phi) is 6.70. The summed E-state index contributed by atoms with van der Waals surface area (Å²) in [5, 5.41) is 28.8. The predicted molar refractivity (Wildman–Crippen MR) is 27.6 cm³/mol. The summed E-state index contributed by atoms with van der Waals surface area (Å²) in [6, 6.07) is 0. The molecule has 0 fully saturated rings. The van der Waals surface area contributed by atoms with Gasteiger partial charge in [-0.2, -0.15) is 0 Å². The maximum absolute atomic E-state index is 7.19. The van der Waals surface area contributed by atoms with Crippen molar-refractivity contribution in [2.75, 3.05) is 0 Å². The average Bonchev–Trinajstić information content (AvgIpc) is 1.27. The molecular formula is C4H12O4. The maximum Gasteiger partial charge on any atom is 0.402 e. The molecule has 4 heteroatoms. The molecule has 4 N–H and O–H groups in total. The van der Waals surface area contributed by atoms with Crippen LogP contribution in [0.1, 0.15) is 20.3 Å². The fraction of sp³-hybridized carbons (Fsp3) is 1.00. The molecule has 0 aromatic rings. The van der Waals surface area contributed by atoms with Crippen LogP contribution >= 0.6 is 0 Å². The second kappa shape index (κ2) is 4.99. The number of hydrogen-bond donors (Lipinski definition) is 4. The summed E-state index contributed by atoms with van der Waals surface area (Å²) in [5.74, 6) is 0. The summed E-state index contributed by atoms with van der Waals surface area (Å²) in [6.07, 6.45) is -2.25. The van der Waals surface area contributed by atoms with Gasteiger partial charge in [0.1, 0.15) is 0 Å². The summed E-state index contributed by atoms with van der Waals surface area (Å²) >= 11 is 0. The Morgan fingerprint density at radius 3 is 1.00 bits per heavy atom. The van der Waals surface area contributed by atoms with Gasteiger partial charge >= 0.3 is 6.16 Å². The molecule has 0 amide bonds. The van der Waals surface area contributed by atoms with E-state index in [4.69, 9.17) is 20.4 Å². The van der Waals surface area contributed by atoms with E-state index in [-0.39, 0.29) is 0 Å². The lowest BCUT2D eigenvalue weighted by Crippen LogP contribution is -2.25. The minimum atomic E-state index is -3.50. The molecule has 52 valence electrons. The van der Waals surface area contributed by atoms with Gasteiger partial charge in [0.2, 0.25) is 0 Å². The summed E-state index contributed by atoms with van der Waals surface area (Å²) < 4.78 is 0. The highest BCUT2D eigenvalue weighted by Crippen LogP contribution is 1.75. The lowest BCUT2D eigenvalue weighted by Gasteiger charge is -1.99. The van der Waals surface area contributed by atoms with Gasteiger partial charge in [-0.1, -0.05) is 20.3 Å². The smallest absolute Gasteiger partial charge is 0.319 e. The molecule has 0 aromatic heterocycles. The molecule has 0 aliphatic rings. The van der Waals surface area contributed by atoms with Gasteiger partial charge < -0.3 is 20.4 Å². The Morgan fingerprint density at radius 1 is 1.00 bits per heavy atom. The topological polar surface area (TPSA) is 80.9 Å². The summed E-state index contributed by atoms with van der Waals surface area (Å²) in [6.45, 7) is 4.25. The van der Waals surface area contributed by atoms with E-state index < -0.39 is 6.16 Å². The summed E-state index contributed by atoms with van der Waals surface area (Å²) in [7, 11) is 0. The number of rotatable bonds is 0. The van der Waals surface area contributed by atoms with Crippen LogP contribution in [0, 0.1) is 0 Å². The zero-order chi connectivity index (χ0) is 7.21. The predicted octanol–water partition coefficient (Wildman–Crippen LogP) is -1.02. The first-order chi connectivity index (χ1) is 3.41. The minimum absolute atomic E-state index is 1.25. The summed E-state index contributed by atoms with van der Waals surface area (Å²) in [5.41, 5.74) is 0. The van der Waals surface area contributed by atoms with Gasteiger partial charge in [-0.15, -0.1) is 0 Å². The molecular weight excluding hydrogens is 112 g/mol. The van der Waals surface area contributed by atoms with Crippen LogP contribution in [-0.4, -0.2) is 26.6 Å². The van der Waals surface area contributed by atoms with Crippen molar-refractivity contribution in [3.8, 4) is 0 Å². The fourth-order valence-corrected chi connectivity index (χ4v) is 0. The van der Waals surface area contributed by atoms with E-state index in [0.717, 1.165) is 0 Å². The monoisotopic (exact) mass is 124 g/mol. The maximum atomic E-state index is 7.19. The van der Waals surface area contributed by atoms with Gasteiger partial charge in [-0.25, -0.2) is 0 Å². The van der Waals surface area contributed by atoms with Crippen LogP contribution in [0.2, 0.25) is 0 Å². The second-order valence-corrected chi connectivity index (χ2v) is 1.31. The van der Waals surface area contributed by atoms with Gasteiger partial charge in [-0.05, 0) is 0 Å². The first-order valence-electron chi connectivity index (χ1n) is 2.31. The van der Waals surface area contributed by atoms with E-state index >= 15 is 0 Å². The third-order valence-corrected chi connectivity index (χ3v) is 0. The third kappa shape index (κ3) is 5340. The lowest BCUT2D eigenvalue weighted by atomic mass is 10.6. The molecule has 0 aliphatic carbocycles. The van der Waals surface area contributed by atoms with Gasteiger partial charge in [-0.3, -0.25) is 0 Å². The average molecular weight is 124 g/mol. The van der Waals surface area contributed by atoms with Crippen molar-refractivity contribution in [3.05, 3.63) is 0 Å². The Labute approximate surface area is 48.0 Å². The van der Waals surface area contributed by atoms with Gasteiger partial charge in [0, 0.05) is 0 Å². The van der Waals surface area contributed by atoms with Crippen molar-refractivity contribution >= 4 is 0 Å². The van der Waals surface area contributed by atoms with Crippen LogP contribution in [-0.2, 0) is 0 Å². The molecule has 0 spiro atoms. The van der Waals surface area contributed by atoms with Crippen molar-refractivity contribution < 1.29 is 20.4 Å². The lowest BCUT2D eigenvalue weighted by molar-refractivity contribution is -0.436. The van der Waals surface area contributed by atoms with E-state index in [1.54, 1.807) is 0 Å².